The molecule has 12 nitrogen and oxygen atoms in total. The highest BCUT2D eigenvalue weighted by Gasteiger charge is 2.68. The number of hydrogen-bond acceptors (Lipinski definition) is 8. The Kier molecular flexibility index (Phi) is 8.39. The van der Waals surface area contributed by atoms with Gasteiger partial charge in [0.05, 0.1) is 39.3 Å². The number of anilines is 1. The lowest BCUT2D eigenvalue weighted by Crippen LogP contribution is -2.38. The number of alkyl halides is 5. The smallest absolute Gasteiger partial charge is 0.344 e. The molecule has 0 bridgehead atoms. The molecule has 6 aromatic rings. The third-order valence-electron chi connectivity index (χ3n) is 9.47. The Morgan fingerprint density at radius 3 is 2.51 bits per heavy atom. The van der Waals surface area contributed by atoms with Gasteiger partial charge in [-0.2, -0.15) is 32.1 Å². The SMILES string of the molecule is Cn1nc(NS(C)(=O)=O)c2c(Cl)ccc(-n3c([C@H](Cc4cc(F)cc(F)c4)NC(=O)Cn4nc(C(F)(F)F)c5c4C(F)(F)[C@@H]4C[C@H]54)nc4sccc4c3=O)c21. The topological polar surface area (TPSA) is 146 Å². The van der Waals surface area contributed by atoms with E-state index >= 15 is 8.78 Å². The van der Waals surface area contributed by atoms with Crippen LogP contribution < -0.4 is 15.6 Å². The van der Waals surface area contributed by atoms with E-state index in [4.69, 9.17) is 11.6 Å². The monoisotopic (exact) mass is 828 g/mol. The van der Waals surface area contributed by atoms with Crippen LogP contribution in [-0.4, -0.2) is 49.7 Å². The molecule has 1 fully saturated rings. The van der Waals surface area contributed by atoms with Crippen molar-refractivity contribution in [1.82, 2.24) is 34.4 Å². The Morgan fingerprint density at radius 2 is 1.84 bits per heavy atom. The van der Waals surface area contributed by atoms with Crippen LogP contribution >= 0.6 is 22.9 Å². The van der Waals surface area contributed by atoms with Crippen LogP contribution in [0.2, 0.25) is 5.02 Å². The molecule has 0 aliphatic heterocycles. The quantitative estimate of drug-likeness (QED) is 0.166. The molecule has 4 aromatic heterocycles. The zero-order chi connectivity index (χ0) is 39.5. The van der Waals surface area contributed by atoms with Crippen LogP contribution in [0.25, 0.3) is 26.8 Å². The molecule has 22 heteroatoms. The second kappa shape index (κ2) is 12.5. The fourth-order valence-corrected chi connectivity index (χ4v) is 8.82. The first kappa shape index (κ1) is 36.9. The number of rotatable bonds is 9. The number of halogens is 8. The van der Waals surface area contributed by atoms with Crippen LogP contribution in [0.3, 0.4) is 0 Å². The summed E-state index contributed by atoms with van der Waals surface area (Å²) in [7, 11) is -2.46. The molecule has 8 rings (SSSR count). The zero-order valence-corrected chi connectivity index (χ0v) is 30.4. The predicted molar refractivity (Wildman–Crippen MR) is 186 cm³/mol. The highest BCUT2D eigenvalue weighted by atomic mass is 35.5. The molecule has 2 aromatic carbocycles. The van der Waals surface area contributed by atoms with Gasteiger partial charge in [-0.3, -0.25) is 28.2 Å². The Labute approximate surface area is 313 Å². The first-order valence-corrected chi connectivity index (χ1v) is 19.3. The first-order valence-electron chi connectivity index (χ1n) is 16.2. The Morgan fingerprint density at radius 1 is 1.13 bits per heavy atom. The van der Waals surface area contributed by atoms with Gasteiger partial charge in [0.25, 0.3) is 11.5 Å². The van der Waals surface area contributed by atoms with Crippen molar-refractivity contribution < 1.29 is 43.9 Å². The second-order valence-electron chi connectivity index (χ2n) is 13.3. The highest BCUT2D eigenvalue weighted by Crippen LogP contribution is 2.68. The van der Waals surface area contributed by atoms with Gasteiger partial charge in [-0.05, 0) is 53.6 Å². The molecule has 0 radical (unpaired) electrons. The molecule has 0 spiro atoms. The number of nitrogens with zero attached hydrogens (tertiary/aromatic N) is 6. The van der Waals surface area contributed by atoms with Gasteiger partial charge in [-0.25, -0.2) is 22.2 Å². The Bertz CT molecular complexity index is 2760. The van der Waals surface area contributed by atoms with Crippen LogP contribution in [0, 0.1) is 17.6 Å². The highest BCUT2D eigenvalue weighted by molar-refractivity contribution is 7.92. The number of carbonyl (C=O) groups is 1. The Balaban J connectivity index is 1.29. The van der Waals surface area contributed by atoms with Crippen molar-refractivity contribution in [3.05, 3.63) is 97.1 Å². The van der Waals surface area contributed by atoms with Crippen LogP contribution in [0.5, 0.6) is 0 Å². The van der Waals surface area contributed by atoms with Crippen molar-refractivity contribution in [2.45, 2.75) is 43.4 Å². The fourth-order valence-electron chi connectivity index (χ4n) is 7.32. The number of amides is 1. The van der Waals surface area contributed by atoms with E-state index in [1.54, 1.807) is 5.38 Å². The van der Waals surface area contributed by atoms with E-state index in [2.05, 4.69) is 25.2 Å². The standard InChI is InChI=1S/C33H24ClF7N8O4S2/c1-47-25-21(4-3-19(34)24(25)28(45-47)46-55(2,52)53)49-29(43-30-16(31(49)51)5-6-54-30)20(9-13-7-14(35)10-15(36)8-13)42-22(50)12-48-27-23(26(44-48)33(39,40)41)17-11-18(17)32(27,37)38/h3-8,10,17-18,20H,9,11-12H2,1-2H3,(H,42,50)(H,45,46)/t17-,18+,20-/m0/s1. The number of aromatic nitrogens is 6. The second-order valence-corrected chi connectivity index (χ2v) is 16.4. The van der Waals surface area contributed by atoms with Crippen molar-refractivity contribution >= 4 is 65.8 Å². The summed E-state index contributed by atoms with van der Waals surface area (Å²) in [5, 5.41) is 11.9. The molecule has 2 aliphatic rings. The van der Waals surface area contributed by atoms with Gasteiger partial charge in [0, 0.05) is 31.0 Å². The third kappa shape index (κ3) is 6.30. The molecule has 1 saturated carbocycles. The molecular formula is C33H24ClF7N8O4S2. The fraction of sp³-hybridized carbons (Fsp3) is 0.303. The van der Waals surface area contributed by atoms with E-state index in [9.17, 15) is 40.0 Å². The van der Waals surface area contributed by atoms with Crippen LogP contribution in [0.1, 0.15) is 46.7 Å². The van der Waals surface area contributed by atoms with E-state index in [1.807, 2.05) is 0 Å². The number of fused-ring (bicyclic) bond motifs is 5. The summed E-state index contributed by atoms with van der Waals surface area (Å²) < 4.78 is 131. The summed E-state index contributed by atoms with van der Waals surface area (Å²) in [4.78, 5) is 33.0. The average molecular weight is 829 g/mol. The van der Waals surface area contributed by atoms with Crippen LogP contribution in [0.15, 0.2) is 46.6 Å². The van der Waals surface area contributed by atoms with Gasteiger partial charge in [-0.15, -0.1) is 11.3 Å². The number of thiophene rings is 1. The van der Waals surface area contributed by atoms with Crippen molar-refractivity contribution in [1.29, 1.82) is 0 Å². The summed E-state index contributed by atoms with van der Waals surface area (Å²) in [5.41, 5.74) is -3.85. The molecule has 0 unspecified atom stereocenters. The van der Waals surface area contributed by atoms with E-state index in [0.29, 0.717) is 10.7 Å². The molecule has 2 N–H and O–H groups in total. The molecule has 0 saturated heterocycles. The van der Waals surface area contributed by atoms with Gasteiger partial charge in [0.2, 0.25) is 15.9 Å². The number of nitrogens with one attached hydrogen (secondary N) is 2. The average Bonchev–Trinajstić information content (AvgIpc) is 3.28. The minimum absolute atomic E-state index is 0.0137. The minimum Gasteiger partial charge on any atom is -0.344 e. The summed E-state index contributed by atoms with van der Waals surface area (Å²) >= 11 is 7.55. The van der Waals surface area contributed by atoms with E-state index in [1.165, 1.54) is 29.9 Å². The lowest BCUT2D eigenvalue weighted by molar-refractivity contribution is -0.142. The third-order valence-corrected chi connectivity index (χ3v) is 11.2. The Hall–Kier alpha value is -5.02. The lowest BCUT2D eigenvalue weighted by atomic mass is 10.0. The normalized spacial score (nSPS) is 18.1. The zero-order valence-electron chi connectivity index (χ0n) is 28.1. The molecular weight excluding hydrogens is 805 g/mol. The number of benzene rings is 2. The van der Waals surface area contributed by atoms with Crippen molar-refractivity contribution in [3.8, 4) is 5.69 Å². The van der Waals surface area contributed by atoms with E-state index in [0.717, 1.165) is 34.3 Å². The number of carbonyl (C=O) groups excluding carboxylic acids is 1. The van der Waals surface area contributed by atoms with Crippen molar-refractivity contribution in [3.63, 3.8) is 0 Å². The van der Waals surface area contributed by atoms with Gasteiger partial charge >= 0.3 is 6.18 Å². The molecule has 55 heavy (non-hydrogen) atoms. The number of sulfonamides is 1. The molecule has 1 amide bonds. The summed E-state index contributed by atoms with van der Waals surface area (Å²) in [5.74, 6) is -9.71. The number of hydrogen-bond donors (Lipinski definition) is 2. The number of aryl methyl sites for hydroxylation is 1. The van der Waals surface area contributed by atoms with E-state index in [-0.39, 0.29) is 55.5 Å². The van der Waals surface area contributed by atoms with E-state index < -0.39 is 93.0 Å². The summed E-state index contributed by atoms with van der Waals surface area (Å²) in [6.07, 6.45) is -4.85. The van der Waals surface area contributed by atoms with Crippen molar-refractivity contribution in [2.75, 3.05) is 11.0 Å². The molecule has 2 aliphatic carbocycles. The maximum absolute atomic E-state index is 15.3. The minimum atomic E-state index is -5.09. The van der Waals surface area contributed by atoms with Gasteiger partial charge in [-0.1, -0.05) is 11.6 Å². The molecule has 4 heterocycles. The summed E-state index contributed by atoms with van der Waals surface area (Å²) in [6.45, 7) is -1.12. The lowest BCUT2D eigenvalue weighted by Gasteiger charge is -2.23. The molecule has 3 atom stereocenters. The van der Waals surface area contributed by atoms with Crippen molar-refractivity contribution in [2.24, 2.45) is 13.0 Å². The van der Waals surface area contributed by atoms with Gasteiger partial charge in [0.15, 0.2) is 11.5 Å². The molecule has 288 valence electrons. The van der Waals surface area contributed by atoms with Gasteiger partial charge < -0.3 is 5.32 Å². The largest absolute Gasteiger partial charge is 0.435 e. The summed E-state index contributed by atoms with van der Waals surface area (Å²) in [6, 6.07) is 5.18. The van der Waals surface area contributed by atoms with Gasteiger partial charge in [0.1, 0.15) is 34.5 Å². The van der Waals surface area contributed by atoms with Crippen LogP contribution in [0.4, 0.5) is 36.6 Å². The predicted octanol–water partition coefficient (Wildman–Crippen LogP) is 6.16. The van der Waals surface area contributed by atoms with Crippen LogP contribution in [-0.2, 0) is 46.9 Å². The maximum Gasteiger partial charge on any atom is 0.435 e. The maximum atomic E-state index is 15.3. The first-order chi connectivity index (χ1) is 25.7.